The molecule has 2 aliphatic heterocycles. The van der Waals surface area contributed by atoms with Crippen LogP contribution in [-0.4, -0.2) is 53.7 Å². The molecule has 7 nitrogen and oxygen atoms in total. The van der Waals surface area contributed by atoms with E-state index in [0.29, 0.717) is 39.1 Å². The molecule has 0 N–H and O–H groups in total. The summed E-state index contributed by atoms with van der Waals surface area (Å²) in [5.74, 6) is -1.14. The molecule has 0 saturated carbocycles. The molecule has 0 aromatic rings. The van der Waals surface area contributed by atoms with Crippen molar-refractivity contribution in [1.82, 2.24) is 5.06 Å². The van der Waals surface area contributed by atoms with Gasteiger partial charge in [0.2, 0.25) is 0 Å². The van der Waals surface area contributed by atoms with E-state index in [9.17, 15) is 9.59 Å². The lowest BCUT2D eigenvalue weighted by molar-refractivity contribution is -0.377. The van der Waals surface area contributed by atoms with Crippen LogP contribution in [0.5, 0.6) is 0 Å². The van der Waals surface area contributed by atoms with Crippen LogP contribution < -0.4 is 0 Å². The Labute approximate surface area is 277 Å². The fraction of sp³-hybridized carbons (Fsp3) is 0.947. The van der Waals surface area contributed by atoms with Crippen molar-refractivity contribution in [2.24, 2.45) is 10.8 Å². The highest BCUT2D eigenvalue weighted by atomic mass is 16.7. The second-order valence-corrected chi connectivity index (χ2v) is 16.6. The number of rotatable bonds is 20. The number of hydrogen-bond donors (Lipinski definition) is 0. The molecule has 0 unspecified atom stereocenters. The summed E-state index contributed by atoms with van der Waals surface area (Å²) >= 11 is 0. The quantitative estimate of drug-likeness (QED) is 0.0971. The highest BCUT2D eigenvalue weighted by Gasteiger charge is 2.58. The summed E-state index contributed by atoms with van der Waals surface area (Å²) < 4.78 is 18.9. The third-order valence-corrected chi connectivity index (χ3v) is 9.85. The number of piperidine rings is 1. The number of nitrogens with zero attached hydrogens (tertiary/aromatic N) is 1. The summed E-state index contributed by atoms with van der Waals surface area (Å²) in [5, 5.41) is 1.84. The molecule has 264 valence electrons. The van der Waals surface area contributed by atoms with Crippen LogP contribution in [0.25, 0.3) is 0 Å². The summed E-state index contributed by atoms with van der Waals surface area (Å²) in [5.41, 5.74) is -1.92. The molecule has 0 atom stereocenters. The molecule has 0 amide bonds. The minimum atomic E-state index is -0.770. The van der Waals surface area contributed by atoms with Gasteiger partial charge >= 0.3 is 11.9 Å². The van der Waals surface area contributed by atoms with Gasteiger partial charge in [0.1, 0.15) is 6.61 Å². The summed E-state index contributed by atoms with van der Waals surface area (Å²) in [6.45, 7) is 19.5. The lowest BCUT2D eigenvalue weighted by Gasteiger charge is -2.59. The van der Waals surface area contributed by atoms with Crippen LogP contribution in [0.1, 0.15) is 184 Å². The van der Waals surface area contributed by atoms with Crippen molar-refractivity contribution in [3.05, 3.63) is 0 Å². The Morgan fingerprint density at radius 2 is 1.11 bits per heavy atom. The molecule has 0 bridgehead atoms. The van der Waals surface area contributed by atoms with Gasteiger partial charge in [-0.1, -0.05) is 104 Å². The molecule has 2 aliphatic rings. The zero-order valence-electron chi connectivity index (χ0n) is 31.0. The van der Waals surface area contributed by atoms with E-state index >= 15 is 0 Å². The fourth-order valence-electron chi connectivity index (χ4n) is 7.00. The Morgan fingerprint density at radius 3 is 1.51 bits per heavy atom. The van der Waals surface area contributed by atoms with E-state index < -0.39 is 22.3 Å². The predicted molar refractivity (Wildman–Crippen MR) is 183 cm³/mol. The molecule has 2 fully saturated rings. The minimum absolute atomic E-state index is 0.117. The molecule has 2 heterocycles. The van der Waals surface area contributed by atoms with E-state index in [4.69, 9.17) is 19.0 Å². The van der Waals surface area contributed by atoms with E-state index in [2.05, 4.69) is 41.5 Å². The molecule has 1 spiro atoms. The normalized spacial score (nSPS) is 20.6. The van der Waals surface area contributed by atoms with Crippen molar-refractivity contribution in [2.75, 3.05) is 19.8 Å². The van der Waals surface area contributed by atoms with Crippen LogP contribution in [0.2, 0.25) is 0 Å². The highest BCUT2D eigenvalue weighted by Crippen LogP contribution is 2.49. The van der Waals surface area contributed by atoms with Crippen LogP contribution in [0.15, 0.2) is 0 Å². The number of carbonyl (C=O) groups is 2. The van der Waals surface area contributed by atoms with Gasteiger partial charge < -0.3 is 19.0 Å². The van der Waals surface area contributed by atoms with Crippen molar-refractivity contribution in [2.45, 2.75) is 201 Å². The Kier molecular flexibility index (Phi) is 16.3. The van der Waals surface area contributed by atoms with Crippen molar-refractivity contribution in [3.8, 4) is 0 Å². The lowest BCUT2D eigenvalue weighted by atomic mass is 9.76. The van der Waals surface area contributed by atoms with Crippen LogP contribution in [-0.2, 0) is 28.6 Å². The maximum atomic E-state index is 12.8. The minimum Gasteiger partial charge on any atom is -0.465 e. The fourth-order valence-corrected chi connectivity index (χ4v) is 7.00. The molecule has 2 saturated heterocycles. The average Bonchev–Trinajstić information content (AvgIpc) is 2.96. The third kappa shape index (κ3) is 13.5. The van der Waals surface area contributed by atoms with Crippen molar-refractivity contribution >= 4 is 11.9 Å². The first-order chi connectivity index (χ1) is 21.1. The number of hydroxylamine groups is 2. The first-order valence-electron chi connectivity index (χ1n) is 18.6. The van der Waals surface area contributed by atoms with E-state index in [1.54, 1.807) is 0 Å². The van der Waals surface area contributed by atoms with Crippen LogP contribution in [0, 0.1) is 10.8 Å². The molecule has 0 aliphatic carbocycles. The molecule has 0 radical (unpaired) electrons. The monoisotopic (exact) mass is 638 g/mol. The number of hydrogen-bond acceptors (Lipinski definition) is 7. The summed E-state index contributed by atoms with van der Waals surface area (Å²) in [6, 6.07) is 0. The molecular weight excluding hydrogens is 566 g/mol. The number of unbranched alkanes of at least 4 members (excludes halogenated alkanes) is 14. The van der Waals surface area contributed by atoms with E-state index in [0.717, 1.165) is 19.3 Å². The molecule has 0 aromatic carbocycles. The van der Waals surface area contributed by atoms with Crippen LogP contribution in [0.4, 0.5) is 0 Å². The van der Waals surface area contributed by atoms with Crippen LogP contribution in [0.3, 0.4) is 0 Å². The topological polar surface area (TPSA) is 74.3 Å². The van der Waals surface area contributed by atoms with Crippen molar-refractivity contribution in [1.29, 1.82) is 0 Å². The first-order valence-corrected chi connectivity index (χ1v) is 18.6. The van der Waals surface area contributed by atoms with Gasteiger partial charge in [0.25, 0.3) is 0 Å². The van der Waals surface area contributed by atoms with Gasteiger partial charge in [-0.2, -0.15) is 0 Å². The lowest BCUT2D eigenvalue weighted by Crippen LogP contribution is -2.68. The molecule has 45 heavy (non-hydrogen) atoms. The van der Waals surface area contributed by atoms with Gasteiger partial charge in [-0.25, -0.2) is 4.79 Å². The first kappa shape index (κ1) is 40.0. The summed E-state index contributed by atoms with van der Waals surface area (Å²) in [7, 11) is 0. The predicted octanol–water partition coefficient (Wildman–Crippen LogP) is 10.1. The Balaban J connectivity index is 1.65. The van der Waals surface area contributed by atoms with Gasteiger partial charge in [-0.05, 0) is 61.3 Å². The zero-order chi connectivity index (χ0) is 33.6. The number of ether oxygens (including phenoxy) is 3. The van der Waals surface area contributed by atoms with Crippen molar-refractivity contribution < 1.29 is 28.6 Å². The van der Waals surface area contributed by atoms with Gasteiger partial charge in [0.15, 0.2) is 5.79 Å². The van der Waals surface area contributed by atoms with Crippen LogP contribution >= 0.6 is 0 Å². The maximum Gasteiger partial charge on any atom is 0.330 e. The summed E-state index contributed by atoms with van der Waals surface area (Å²) in [4.78, 5) is 31.3. The Hall–Kier alpha value is -1.18. The summed E-state index contributed by atoms with van der Waals surface area (Å²) in [6.07, 6.45) is 22.1. The third-order valence-electron chi connectivity index (χ3n) is 9.85. The second-order valence-electron chi connectivity index (χ2n) is 16.6. The molecule has 2 rings (SSSR count). The zero-order valence-corrected chi connectivity index (χ0v) is 31.0. The van der Waals surface area contributed by atoms with E-state index in [-0.39, 0.29) is 17.4 Å². The van der Waals surface area contributed by atoms with Gasteiger partial charge in [-0.3, -0.25) is 4.79 Å². The van der Waals surface area contributed by atoms with Crippen molar-refractivity contribution in [3.63, 3.8) is 0 Å². The largest absolute Gasteiger partial charge is 0.465 e. The standard InChI is InChI=1S/C38H71NO6/c1-10-12-13-14-15-16-17-18-19-20-21-22-23-24-25-26-32(40)42-29-37(11-2)30-43-38(44-31-37)27-35(6,7)39(36(8,9)28-38)45-33(41)34(3,4)5/h10-31H2,1-9H3. The second kappa shape index (κ2) is 18.4. The molecule has 0 aromatic heterocycles. The van der Waals surface area contributed by atoms with Gasteiger partial charge in [0, 0.05) is 19.3 Å². The SMILES string of the molecule is CCCCCCCCCCCCCCCCCC(=O)OCC1(CC)COC2(CC(C)(C)N(OC(=O)C(C)(C)C)C(C)(C)C2)OC1. The number of carbonyl (C=O) groups excluding carboxylic acids is 2. The van der Waals surface area contributed by atoms with E-state index in [1.165, 1.54) is 83.5 Å². The molecule has 7 heteroatoms. The highest BCUT2D eigenvalue weighted by molar-refractivity contribution is 5.75. The Morgan fingerprint density at radius 1 is 0.689 bits per heavy atom. The molecular formula is C38H71NO6. The average molecular weight is 638 g/mol. The smallest absolute Gasteiger partial charge is 0.330 e. The Bertz CT molecular complexity index is 848. The van der Waals surface area contributed by atoms with E-state index in [1.807, 2.05) is 25.8 Å². The van der Waals surface area contributed by atoms with Gasteiger partial charge in [-0.15, -0.1) is 5.06 Å². The maximum absolute atomic E-state index is 12.8. The number of esters is 1. The van der Waals surface area contributed by atoms with Gasteiger partial charge in [0.05, 0.1) is 35.1 Å².